The summed E-state index contributed by atoms with van der Waals surface area (Å²) in [5.74, 6) is -2.19. The topological polar surface area (TPSA) is 105 Å². The number of aryl methyl sites for hydroxylation is 1. The van der Waals surface area contributed by atoms with Gasteiger partial charge >= 0.3 is 11.9 Å². The molecule has 0 saturated carbocycles. The molecule has 0 unspecified atom stereocenters. The van der Waals surface area contributed by atoms with Crippen molar-refractivity contribution < 1.29 is 19.8 Å². The van der Waals surface area contributed by atoms with Gasteiger partial charge in [-0.3, -0.25) is 4.79 Å². The van der Waals surface area contributed by atoms with E-state index >= 15 is 0 Å². The first-order valence-corrected chi connectivity index (χ1v) is 6.19. The lowest BCUT2D eigenvalue weighted by Gasteiger charge is -2.01. The summed E-state index contributed by atoms with van der Waals surface area (Å²) >= 11 is 0. The number of carboxylic acid groups (broad SMARTS) is 2. The lowest BCUT2D eigenvalue weighted by Crippen LogP contribution is -2.08. The fourth-order valence-corrected chi connectivity index (χ4v) is 1.74. The summed E-state index contributed by atoms with van der Waals surface area (Å²) in [5, 5.41) is 25.0. The highest BCUT2D eigenvalue weighted by Gasteiger charge is 2.17. The number of aliphatic carboxylic acids is 1. The smallest absolute Gasteiger partial charge is 0.358 e. The summed E-state index contributed by atoms with van der Waals surface area (Å²) in [4.78, 5) is 21.7. The van der Waals surface area contributed by atoms with Gasteiger partial charge in [-0.15, -0.1) is 5.10 Å². The Bertz CT molecular complexity index is 677. The standard InChI is InChI=1S/C14H13N3O4/c18-12(19)8-9-17-11(13(14(20)21)15-16-17)7-6-10-4-2-1-3-5-10/h1-7H,8-9H2,(H,18,19)(H,20,21)/b7-6+. The molecule has 21 heavy (non-hydrogen) atoms. The molecule has 0 bridgehead atoms. The van der Waals surface area contributed by atoms with E-state index < -0.39 is 11.9 Å². The van der Waals surface area contributed by atoms with Gasteiger partial charge in [-0.25, -0.2) is 9.48 Å². The Hall–Kier alpha value is -2.96. The minimum absolute atomic E-state index is 0.0596. The molecule has 7 nitrogen and oxygen atoms in total. The number of carbonyl (C=O) groups is 2. The van der Waals surface area contributed by atoms with Gasteiger partial charge in [0.05, 0.1) is 18.7 Å². The Kier molecular flexibility index (Phi) is 4.45. The van der Waals surface area contributed by atoms with Gasteiger partial charge in [-0.1, -0.05) is 41.6 Å². The van der Waals surface area contributed by atoms with Gasteiger partial charge in [0.1, 0.15) is 0 Å². The van der Waals surface area contributed by atoms with E-state index in [2.05, 4.69) is 10.3 Å². The molecule has 0 atom stereocenters. The number of rotatable bonds is 6. The molecular formula is C14H13N3O4. The van der Waals surface area contributed by atoms with Crippen molar-refractivity contribution in [2.45, 2.75) is 13.0 Å². The van der Waals surface area contributed by atoms with Crippen LogP contribution in [0.1, 0.15) is 28.2 Å². The summed E-state index contributed by atoms with van der Waals surface area (Å²) in [6, 6.07) is 9.32. The molecule has 0 aliphatic rings. The van der Waals surface area contributed by atoms with Crippen molar-refractivity contribution in [3.8, 4) is 0 Å². The summed E-state index contributed by atoms with van der Waals surface area (Å²) in [6.07, 6.45) is 3.14. The number of nitrogens with zero attached hydrogens (tertiary/aromatic N) is 3. The quantitative estimate of drug-likeness (QED) is 0.836. The number of hydrogen-bond acceptors (Lipinski definition) is 4. The molecule has 1 aromatic heterocycles. The third-order valence-electron chi connectivity index (χ3n) is 2.75. The van der Waals surface area contributed by atoms with Crippen LogP contribution in [0.2, 0.25) is 0 Å². The van der Waals surface area contributed by atoms with E-state index in [4.69, 9.17) is 10.2 Å². The Morgan fingerprint density at radius 3 is 2.48 bits per heavy atom. The maximum atomic E-state index is 11.1. The Labute approximate surface area is 120 Å². The Morgan fingerprint density at radius 2 is 1.86 bits per heavy atom. The second-order valence-electron chi connectivity index (χ2n) is 4.24. The summed E-state index contributed by atoms with van der Waals surface area (Å²) in [7, 11) is 0. The molecule has 0 aliphatic carbocycles. The molecule has 0 fully saturated rings. The fourth-order valence-electron chi connectivity index (χ4n) is 1.74. The predicted octanol–water partition coefficient (Wildman–Crippen LogP) is 1.62. The van der Waals surface area contributed by atoms with Crippen molar-refractivity contribution in [2.24, 2.45) is 0 Å². The van der Waals surface area contributed by atoms with Crippen molar-refractivity contribution in [1.29, 1.82) is 0 Å². The highest BCUT2D eigenvalue weighted by molar-refractivity contribution is 5.90. The van der Waals surface area contributed by atoms with Gasteiger partial charge in [0.15, 0.2) is 5.69 Å². The number of aromatic nitrogens is 3. The Balaban J connectivity index is 2.30. The minimum Gasteiger partial charge on any atom is -0.481 e. The van der Waals surface area contributed by atoms with Crippen LogP contribution < -0.4 is 0 Å². The van der Waals surface area contributed by atoms with Crippen LogP contribution in [-0.2, 0) is 11.3 Å². The van der Waals surface area contributed by atoms with E-state index in [-0.39, 0.29) is 24.4 Å². The van der Waals surface area contributed by atoms with Crippen molar-refractivity contribution >= 4 is 24.1 Å². The maximum absolute atomic E-state index is 11.1. The van der Waals surface area contributed by atoms with E-state index in [1.165, 1.54) is 4.68 Å². The minimum atomic E-state index is -1.20. The first-order chi connectivity index (χ1) is 10.1. The van der Waals surface area contributed by atoms with Crippen LogP contribution >= 0.6 is 0 Å². The van der Waals surface area contributed by atoms with E-state index in [0.29, 0.717) is 0 Å². The highest BCUT2D eigenvalue weighted by atomic mass is 16.4. The second kappa shape index (κ2) is 6.47. The average Bonchev–Trinajstić information content (AvgIpc) is 2.87. The van der Waals surface area contributed by atoms with E-state index in [1.54, 1.807) is 12.2 Å². The van der Waals surface area contributed by atoms with Crippen molar-refractivity contribution in [1.82, 2.24) is 15.0 Å². The zero-order chi connectivity index (χ0) is 15.2. The van der Waals surface area contributed by atoms with Crippen LogP contribution in [0, 0.1) is 0 Å². The molecule has 0 amide bonds. The first kappa shape index (κ1) is 14.4. The lowest BCUT2D eigenvalue weighted by molar-refractivity contribution is -0.137. The first-order valence-electron chi connectivity index (χ1n) is 6.19. The highest BCUT2D eigenvalue weighted by Crippen LogP contribution is 2.12. The van der Waals surface area contributed by atoms with Crippen LogP contribution in [-0.4, -0.2) is 37.1 Å². The molecule has 108 valence electrons. The van der Waals surface area contributed by atoms with Gasteiger partial charge < -0.3 is 10.2 Å². The van der Waals surface area contributed by atoms with E-state index in [9.17, 15) is 9.59 Å². The fraction of sp³-hybridized carbons (Fsp3) is 0.143. The third-order valence-corrected chi connectivity index (χ3v) is 2.75. The molecule has 7 heteroatoms. The predicted molar refractivity (Wildman–Crippen MR) is 74.6 cm³/mol. The summed E-state index contributed by atoms with van der Waals surface area (Å²) in [6.45, 7) is 0.0596. The molecule has 2 N–H and O–H groups in total. The average molecular weight is 287 g/mol. The molecule has 2 rings (SSSR count). The zero-order valence-electron chi connectivity index (χ0n) is 11.0. The van der Waals surface area contributed by atoms with Crippen molar-refractivity contribution in [3.05, 3.63) is 47.3 Å². The van der Waals surface area contributed by atoms with Crippen LogP contribution in [0.4, 0.5) is 0 Å². The van der Waals surface area contributed by atoms with E-state index in [1.807, 2.05) is 30.3 Å². The van der Waals surface area contributed by atoms with E-state index in [0.717, 1.165) is 5.56 Å². The summed E-state index contributed by atoms with van der Waals surface area (Å²) < 4.78 is 1.27. The van der Waals surface area contributed by atoms with Crippen LogP contribution in [0.3, 0.4) is 0 Å². The molecular weight excluding hydrogens is 274 g/mol. The number of hydrogen-bond donors (Lipinski definition) is 2. The van der Waals surface area contributed by atoms with Crippen LogP contribution in [0.15, 0.2) is 30.3 Å². The van der Waals surface area contributed by atoms with Gasteiger partial charge in [0.25, 0.3) is 0 Å². The zero-order valence-corrected chi connectivity index (χ0v) is 11.0. The van der Waals surface area contributed by atoms with Gasteiger partial charge in [-0.2, -0.15) is 0 Å². The molecule has 0 saturated heterocycles. The molecule has 0 aliphatic heterocycles. The molecule has 0 radical (unpaired) electrons. The summed E-state index contributed by atoms with van der Waals surface area (Å²) in [5.41, 5.74) is 0.958. The maximum Gasteiger partial charge on any atom is 0.358 e. The van der Waals surface area contributed by atoms with Gasteiger partial charge in [0, 0.05) is 0 Å². The van der Waals surface area contributed by atoms with Crippen molar-refractivity contribution in [3.63, 3.8) is 0 Å². The van der Waals surface area contributed by atoms with Gasteiger partial charge in [-0.05, 0) is 11.6 Å². The molecule has 1 heterocycles. The Morgan fingerprint density at radius 1 is 1.14 bits per heavy atom. The lowest BCUT2D eigenvalue weighted by atomic mass is 10.2. The number of aromatic carboxylic acids is 1. The third kappa shape index (κ3) is 3.75. The van der Waals surface area contributed by atoms with Crippen molar-refractivity contribution in [2.75, 3.05) is 0 Å². The van der Waals surface area contributed by atoms with Crippen LogP contribution in [0.5, 0.6) is 0 Å². The SMILES string of the molecule is O=C(O)CCn1nnc(C(=O)O)c1/C=C/c1ccccc1. The monoisotopic (exact) mass is 287 g/mol. The largest absolute Gasteiger partial charge is 0.481 e. The normalized spacial score (nSPS) is 10.9. The number of benzene rings is 1. The van der Waals surface area contributed by atoms with Gasteiger partial charge in [0.2, 0.25) is 0 Å². The molecule has 2 aromatic rings. The van der Waals surface area contributed by atoms with Crippen LogP contribution in [0.25, 0.3) is 12.2 Å². The number of carboxylic acids is 2. The molecule has 1 aromatic carbocycles. The second-order valence-corrected chi connectivity index (χ2v) is 4.24. The molecule has 0 spiro atoms.